The summed E-state index contributed by atoms with van der Waals surface area (Å²) >= 11 is 0. The molecule has 1 atom stereocenters. The number of rotatable bonds is 6. The van der Waals surface area contributed by atoms with E-state index in [1.165, 1.54) is 35.7 Å². The van der Waals surface area contributed by atoms with Gasteiger partial charge in [0, 0.05) is 18.8 Å². The van der Waals surface area contributed by atoms with Crippen molar-refractivity contribution in [2.75, 3.05) is 18.0 Å². The Morgan fingerprint density at radius 3 is 2.52 bits per heavy atom. The highest BCUT2D eigenvalue weighted by atomic mass is 16.6. The molecule has 2 heterocycles. The van der Waals surface area contributed by atoms with Crippen LogP contribution in [-0.2, 0) is 7.05 Å². The number of nitro groups is 1. The van der Waals surface area contributed by atoms with Crippen molar-refractivity contribution in [2.24, 2.45) is 12.0 Å². The van der Waals surface area contributed by atoms with Crippen LogP contribution in [0.4, 0.5) is 11.5 Å². The van der Waals surface area contributed by atoms with Gasteiger partial charge in [0.05, 0.1) is 7.05 Å². The van der Waals surface area contributed by atoms with E-state index in [0.717, 1.165) is 13.1 Å². The second-order valence-electron chi connectivity index (χ2n) is 5.99. The van der Waals surface area contributed by atoms with Crippen LogP contribution in [0.2, 0.25) is 0 Å². The first-order chi connectivity index (χ1) is 12.1. The average molecular weight is 343 g/mol. The van der Waals surface area contributed by atoms with E-state index in [4.69, 9.17) is 4.74 Å². The number of nitrogens with zero attached hydrogens (tertiary/aromatic N) is 5. The van der Waals surface area contributed by atoms with Gasteiger partial charge in [-0.3, -0.25) is 0 Å². The van der Waals surface area contributed by atoms with Crippen LogP contribution in [0.15, 0.2) is 35.5 Å². The first-order valence-electron chi connectivity index (χ1n) is 8.23. The average Bonchev–Trinajstić information content (AvgIpc) is 3.02. The number of imidazole rings is 1. The third-order valence-corrected chi connectivity index (χ3v) is 4.38. The Kier molecular flexibility index (Phi) is 4.97. The highest BCUT2D eigenvalue weighted by Gasteiger charge is 2.25. The zero-order valence-corrected chi connectivity index (χ0v) is 14.2. The number of anilines is 1. The van der Waals surface area contributed by atoms with Crippen LogP contribution in [-0.4, -0.2) is 34.3 Å². The van der Waals surface area contributed by atoms with Gasteiger partial charge in [0.1, 0.15) is 11.9 Å². The Hall–Kier alpha value is -2.90. The highest BCUT2D eigenvalue weighted by Crippen LogP contribution is 2.27. The normalized spacial score (nSPS) is 15.6. The summed E-state index contributed by atoms with van der Waals surface area (Å²) in [5.41, 5.74) is 1.17. The van der Waals surface area contributed by atoms with E-state index in [1.54, 1.807) is 7.05 Å². The number of hydrogen-bond donors (Lipinski definition) is 0. The van der Waals surface area contributed by atoms with E-state index in [1.807, 2.05) is 24.3 Å². The van der Waals surface area contributed by atoms with Crippen LogP contribution >= 0.6 is 0 Å². The molecule has 0 aliphatic carbocycles. The van der Waals surface area contributed by atoms with Gasteiger partial charge in [-0.1, -0.05) is 0 Å². The lowest BCUT2D eigenvalue weighted by atomic mass is 10.1. The molecule has 25 heavy (non-hydrogen) atoms. The van der Waals surface area contributed by atoms with Gasteiger partial charge in [0.25, 0.3) is 12.1 Å². The standard InChI is InChI=1S/C17H21N5O3/c1-18-17(16-19-12-15(20(16)2)22(23)24)25-14-8-6-13(7-9-14)21-10-4-3-5-11-21/h6-9,12,17H,1,3-5,10-11H2,2H3. The molecule has 0 bridgehead atoms. The number of aromatic nitrogens is 2. The third kappa shape index (κ3) is 3.62. The van der Waals surface area contributed by atoms with Crippen LogP contribution in [0, 0.1) is 10.1 Å². The maximum Gasteiger partial charge on any atom is 0.342 e. The van der Waals surface area contributed by atoms with Crippen LogP contribution in [0.3, 0.4) is 0 Å². The molecule has 2 aromatic rings. The van der Waals surface area contributed by atoms with Crippen LogP contribution in [0.5, 0.6) is 5.75 Å². The minimum atomic E-state index is -0.806. The molecule has 1 fully saturated rings. The molecule has 1 saturated heterocycles. The molecule has 3 rings (SSSR count). The molecule has 0 amide bonds. The number of ether oxygens (including phenoxy) is 1. The molecule has 1 unspecified atom stereocenters. The Morgan fingerprint density at radius 2 is 1.96 bits per heavy atom. The zero-order chi connectivity index (χ0) is 17.8. The third-order valence-electron chi connectivity index (χ3n) is 4.38. The summed E-state index contributed by atoms with van der Waals surface area (Å²) in [6, 6.07) is 7.78. The number of hydrogen-bond acceptors (Lipinski definition) is 6. The number of piperidine rings is 1. The quantitative estimate of drug-likeness (QED) is 0.457. The molecule has 1 aliphatic rings. The van der Waals surface area contributed by atoms with E-state index in [9.17, 15) is 10.1 Å². The molecule has 1 aromatic carbocycles. The summed E-state index contributed by atoms with van der Waals surface area (Å²) in [6.45, 7) is 5.67. The molecule has 8 nitrogen and oxygen atoms in total. The summed E-state index contributed by atoms with van der Waals surface area (Å²) in [5.74, 6) is 0.832. The lowest BCUT2D eigenvalue weighted by molar-refractivity contribution is -0.391. The van der Waals surface area contributed by atoms with Crippen LogP contribution in [0.1, 0.15) is 31.3 Å². The van der Waals surface area contributed by atoms with E-state index in [2.05, 4.69) is 21.6 Å². The molecule has 0 radical (unpaired) electrons. The van der Waals surface area contributed by atoms with Crippen molar-refractivity contribution in [3.8, 4) is 5.75 Å². The molecular weight excluding hydrogens is 322 g/mol. The predicted octanol–water partition coefficient (Wildman–Crippen LogP) is 3.10. The fraction of sp³-hybridized carbons (Fsp3) is 0.412. The lowest BCUT2D eigenvalue weighted by Crippen LogP contribution is -2.29. The zero-order valence-electron chi connectivity index (χ0n) is 14.2. The van der Waals surface area contributed by atoms with Crippen molar-refractivity contribution < 1.29 is 9.66 Å². The number of aliphatic imine (C=N–C) groups is 1. The fourth-order valence-electron chi connectivity index (χ4n) is 3.00. The monoisotopic (exact) mass is 343 g/mol. The fourth-order valence-corrected chi connectivity index (χ4v) is 3.00. The van der Waals surface area contributed by atoms with Crippen LogP contribution < -0.4 is 9.64 Å². The van der Waals surface area contributed by atoms with Crippen molar-refractivity contribution in [3.63, 3.8) is 0 Å². The molecule has 0 spiro atoms. The molecule has 8 heteroatoms. The van der Waals surface area contributed by atoms with Crippen LogP contribution in [0.25, 0.3) is 0 Å². The van der Waals surface area contributed by atoms with Crippen molar-refractivity contribution in [1.29, 1.82) is 0 Å². The minimum Gasteiger partial charge on any atom is -0.459 e. The first kappa shape index (κ1) is 16.9. The first-order valence-corrected chi connectivity index (χ1v) is 8.23. The van der Waals surface area contributed by atoms with E-state index < -0.39 is 11.2 Å². The molecule has 132 valence electrons. The van der Waals surface area contributed by atoms with Gasteiger partial charge in [-0.2, -0.15) is 0 Å². The minimum absolute atomic E-state index is 0.118. The van der Waals surface area contributed by atoms with Gasteiger partial charge in [0.2, 0.25) is 0 Å². The predicted molar refractivity (Wildman–Crippen MR) is 95.3 cm³/mol. The highest BCUT2D eigenvalue weighted by molar-refractivity contribution is 5.49. The SMILES string of the molecule is C=NC(Oc1ccc(N2CCCCC2)cc1)c1ncc([N+](=O)[O-])n1C. The Labute approximate surface area is 145 Å². The summed E-state index contributed by atoms with van der Waals surface area (Å²) in [4.78, 5) is 20.8. The van der Waals surface area contributed by atoms with E-state index in [0.29, 0.717) is 11.6 Å². The second-order valence-corrected chi connectivity index (χ2v) is 5.99. The molecule has 0 N–H and O–H groups in total. The van der Waals surface area contributed by atoms with Gasteiger partial charge < -0.3 is 19.8 Å². The summed E-state index contributed by atoms with van der Waals surface area (Å²) in [7, 11) is 1.56. The van der Waals surface area contributed by atoms with Gasteiger partial charge in [-0.15, -0.1) is 0 Å². The number of benzene rings is 1. The van der Waals surface area contributed by atoms with Gasteiger partial charge >= 0.3 is 5.82 Å². The van der Waals surface area contributed by atoms with Crippen molar-refractivity contribution in [2.45, 2.75) is 25.5 Å². The van der Waals surface area contributed by atoms with E-state index >= 15 is 0 Å². The van der Waals surface area contributed by atoms with Gasteiger partial charge in [-0.05, 0) is 55.2 Å². The topological polar surface area (TPSA) is 85.8 Å². The maximum atomic E-state index is 10.9. The summed E-state index contributed by atoms with van der Waals surface area (Å²) in [6.07, 6.45) is 4.12. The molecule has 0 saturated carbocycles. The van der Waals surface area contributed by atoms with E-state index in [-0.39, 0.29) is 5.82 Å². The summed E-state index contributed by atoms with van der Waals surface area (Å²) < 4.78 is 7.16. The smallest absolute Gasteiger partial charge is 0.342 e. The maximum absolute atomic E-state index is 10.9. The molecule has 1 aliphatic heterocycles. The Bertz CT molecular complexity index is 750. The summed E-state index contributed by atoms with van der Waals surface area (Å²) in [5, 5.41) is 10.9. The molecular formula is C17H21N5O3. The molecule has 1 aromatic heterocycles. The van der Waals surface area contributed by atoms with Gasteiger partial charge in [0.15, 0.2) is 0 Å². The van der Waals surface area contributed by atoms with Crippen molar-refractivity contribution in [1.82, 2.24) is 9.55 Å². The second kappa shape index (κ2) is 7.33. The Morgan fingerprint density at radius 1 is 1.28 bits per heavy atom. The van der Waals surface area contributed by atoms with Crippen molar-refractivity contribution in [3.05, 3.63) is 46.4 Å². The Balaban J connectivity index is 1.73. The van der Waals surface area contributed by atoms with Crippen molar-refractivity contribution >= 4 is 18.2 Å². The lowest BCUT2D eigenvalue weighted by Gasteiger charge is -2.28. The van der Waals surface area contributed by atoms with Gasteiger partial charge in [-0.25, -0.2) is 14.5 Å². The largest absolute Gasteiger partial charge is 0.459 e.